The lowest BCUT2D eigenvalue weighted by atomic mass is 10.0. The highest BCUT2D eigenvalue weighted by Crippen LogP contribution is 2.34. The van der Waals surface area contributed by atoms with Crippen molar-refractivity contribution < 1.29 is 19.4 Å². The Kier molecular flexibility index (Phi) is 5.39. The summed E-state index contributed by atoms with van der Waals surface area (Å²) in [5.41, 5.74) is 0.254. The highest BCUT2D eigenvalue weighted by molar-refractivity contribution is 6.87. The number of aliphatic hydroxyl groups excluding tert-OH is 1. The molecule has 0 aliphatic heterocycles. The van der Waals surface area contributed by atoms with Gasteiger partial charge in [-0.1, -0.05) is 19.6 Å². The number of alkyl carbamates (subject to hydrolysis) is 1. The van der Waals surface area contributed by atoms with Crippen molar-refractivity contribution in [3.63, 3.8) is 0 Å². The monoisotopic (exact) mass is 313 g/mol. The average molecular weight is 313 g/mol. The van der Waals surface area contributed by atoms with Gasteiger partial charge in [-0.25, -0.2) is 4.79 Å². The van der Waals surface area contributed by atoms with Gasteiger partial charge in [0.05, 0.1) is 14.7 Å². The number of ether oxygens (including phenoxy) is 1. The van der Waals surface area contributed by atoms with E-state index in [9.17, 15) is 14.7 Å². The summed E-state index contributed by atoms with van der Waals surface area (Å²) >= 11 is 0. The van der Waals surface area contributed by atoms with Crippen LogP contribution in [0.3, 0.4) is 0 Å². The minimum absolute atomic E-state index is 0.114. The summed E-state index contributed by atoms with van der Waals surface area (Å²) in [7, 11) is -1.78. The van der Waals surface area contributed by atoms with Crippen molar-refractivity contribution in [2.24, 2.45) is 5.92 Å². The Hall–Kier alpha value is -1.14. The van der Waals surface area contributed by atoms with Crippen molar-refractivity contribution in [1.82, 2.24) is 5.32 Å². The molecule has 21 heavy (non-hydrogen) atoms. The van der Waals surface area contributed by atoms with Crippen molar-refractivity contribution >= 4 is 20.0 Å². The number of hydrogen-bond donors (Lipinski definition) is 2. The van der Waals surface area contributed by atoms with Gasteiger partial charge in [-0.3, -0.25) is 4.79 Å². The van der Waals surface area contributed by atoms with E-state index in [1.807, 2.05) is 0 Å². The predicted octanol–water partition coefficient (Wildman–Crippen LogP) is 2.27. The first kappa shape index (κ1) is 17.9. The van der Waals surface area contributed by atoms with Gasteiger partial charge in [0.2, 0.25) is 0 Å². The van der Waals surface area contributed by atoms with Crippen molar-refractivity contribution in [2.45, 2.75) is 52.4 Å². The van der Waals surface area contributed by atoms with E-state index >= 15 is 0 Å². The molecule has 1 atom stereocenters. The molecule has 0 bridgehead atoms. The van der Waals surface area contributed by atoms with Gasteiger partial charge in [-0.05, 0) is 31.5 Å². The Balaban J connectivity index is 2.75. The smallest absolute Gasteiger partial charge is 0.407 e. The Morgan fingerprint density at radius 2 is 1.95 bits per heavy atom. The molecule has 1 aliphatic carbocycles. The molecule has 2 N–H and O–H groups in total. The molecule has 1 unspecified atom stereocenters. The summed E-state index contributed by atoms with van der Waals surface area (Å²) in [4.78, 5) is 23.9. The molecule has 0 fully saturated rings. The first-order chi connectivity index (χ1) is 9.45. The van der Waals surface area contributed by atoms with Crippen LogP contribution in [0.2, 0.25) is 19.6 Å². The quantitative estimate of drug-likeness (QED) is 0.781. The number of ketones is 1. The van der Waals surface area contributed by atoms with Gasteiger partial charge in [0.25, 0.3) is 0 Å². The number of rotatable bonds is 4. The molecule has 0 radical (unpaired) electrons. The van der Waals surface area contributed by atoms with Crippen LogP contribution < -0.4 is 5.32 Å². The topological polar surface area (TPSA) is 75.6 Å². The summed E-state index contributed by atoms with van der Waals surface area (Å²) in [5.74, 6) is 0.00551. The molecule has 0 aromatic heterocycles. The molecule has 0 saturated carbocycles. The van der Waals surface area contributed by atoms with Crippen LogP contribution in [0.5, 0.6) is 0 Å². The van der Waals surface area contributed by atoms with Gasteiger partial charge in [-0.2, -0.15) is 0 Å². The van der Waals surface area contributed by atoms with Crippen LogP contribution in [0.15, 0.2) is 10.8 Å². The maximum absolute atomic E-state index is 12.2. The number of allylic oxidation sites excluding steroid dienone is 1. The number of nitrogens with one attached hydrogen (secondary N) is 1. The first-order valence-electron chi connectivity index (χ1n) is 7.30. The fraction of sp³-hybridized carbons (Fsp3) is 0.733. The van der Waals surface area contributed by atoms with Crippen molar-refractivity contribution in [2.75, 3.05) is 13.2 Å². The first-order valence-corrected chi connectivity index (χ1v) is 10.8. The van der Waals surface area contributed by atoms with E-state index in [-0.39, 0.29) is 18.3 Å². The molecule has 5 nitrogen and oxygen atoms in total. The van der Waals surface area contributed by atoms with E-state index in [2.05, 4.69) is 25.0 Å². The molecule has 120 valence electrons. The summed E-state index contributed by atoms with van der Waals surface area (Å²) in [6.07, 6.45) is -0.126. The number of hydrogen-bond acceptors (Lipinski definition) is 4. The van der Waals surface area contributed by atoms with E-state index in [0.717, 1.165) is 10.8 Å². The molecule has 1 amide bonds. The number of carbonyl (C=O) groups excluding carboxylic acids is 2. The van der Waals surface area contributed by atoms with Crippen LogP contribution >= 0.6 is 0 Å². The molecule has 1 rings (SSSR count). The second kappa shape index (κ2) is 6.32. The number of carbonyl (C=O) groups is 2. The highest BCUT2D eigenvalue weighted by Gasteiger charge is 2.38. The third-order valence-corrected chi connectivity index (χ3v) is 5.44. The Morgan fingerprint density at radius 3 is 2.38 bits per heavy atom. The molecule has 0 saturated heterocycles. The van der Waals surface area contributed by atoms with Gasteiger partial charge in [-0.15, -0.1) is 0 Å². The van der Waals surface area contributed by atoms with Gasteiger partial charge >= 0.3 is 6.09 Å². The van der Waals surface area contributed by atoms with E-state index < -0.39 is 19.8 Å². The zero-order valence-electron chi connectivity index (χ0n) is 13.9. The number of aliphatic hydroxyl groups is 1. The maximum Gasteiger partial charge on any atom is 0.407 e. The van der Waals surface area contributed by atoms with Gasteiger partial charge in [0.15, 0.2) is 5.78 Å². The molecular formula is C15H27NO4Si. The summed E-state index contributed by atoms with van der Waals surface area (Å²) in [6, 6.07) is 0. The summed E-state index contributed by atoms with van der Waals surface area (Å²) in [5, 5.41) is 13.1. The summed E-state index contributed by atoms with van der Waals surface area (Å²) in [6.45, 7) is 11.9. The minimum Gasteiger partial charge on any atom is -0.444 e. The van der Waals surface area contributed by atoms with Crippen LogP contribution in [0.1, 0.15) is 27.2 Å². The second-order valence-electron chi connectivity index (χ2n) is 7.52. The molecule has 0 aromatic carbocycles. The van der Waals surface area contributed by atoms with Crippen LogP contribution in [0, 0.1) is 5.92 Å². The number of amides is 1. The van der Waals surface area contributed by atoms with Crippen LogP contribution in [0.4, 0.5) is 4.79 Å². The molecular weight excluding hydrogens is 286 g/mol. The van der Waals surface area contributed by atoms with Gasteiger partial charge in [0, 0.05) is 18.9 Å². The van der Waals surface area contributed by atoms with E-state index in [1.165, 1.54) is 0 Å². The largest absolute Gasteiger partial charge is 0.444 e. The van der Waals surface area contributed by atoms with Crippen LogP contribution in [-0.4, -0.2) is 43.8 Å². The molecule has 0 aromatic rings. The third kappa shape index (κ3) is 4.96. The fourth-order valence-electron chi connectivity index (χ4n) is 2.66. The fourth-order valence-corrected chi connectivity index (χ4v) is 4.84. The number of Topliss-reactive ketones (excluding diaryl/α,β-unsaturated/α-hetero) is 1. The Morgan fingerprint density at radius 1 is 1.38 bits per heavy atom. The third-order valence-electron chi connectivity index (χ3n) is 3.34. The average Bonchev–Trinajstić information content (AvgIpc) is 2.59. The van der Waals surface area contributed by atoms with Crippen molar-refractivity contribution in [3.8, 4) is 0 Å². The van der Waals surface area contributed by atoms with Gasteiger partial charge < -0.3 is 15.2 Å². The lowest BCUT2D eigenvalue weighted by molar-refractivity contribution is -0.114. The zero-order valence-corrected chi connectivity index (χ0v) is 14.9. The highest BCUT2D eigenvalue weighted by atomic mass is 28.3. The van der Waals surface area contributed by atoms with E-state index in [4.69, 9.17) is 4.74 Å². The Bertz CT molecular complexity index is 457. The zero-order chi connectivity index (χ0) is 16.4. The van der Waals surface area contributed by atoms with Crippen molar-refractivity contribution in [3.05, 3.63) is 10.8 Å². The predicted molar refractivity (Wildman–Crippen MR) is 84.8 cm³/mol. The van der Waals surface area contributed by atoms with Crippen LogP contribution in [-0.2, 0) is 9.53 Å². The van der Waals surface area contributed by atoms with Gasteiger partial charge in [0.1, 0.15) is 5.60 Å². The second-order valence-corrected chi connectivity index (χ2v) is 12.5. The Labute approximate surface area is 127 Å². The normalized spacial score (nSPS) is 20.0. The van der Waals surface area contributed by atoms with E-state index in [1.54, 1.807) is 20.8 Å². The summed E-state index contributed by atoms with van der Waals surface area (Å²) < 4.78 is 5.18. The molecule has 6 heteroatoms. The molecule has 0 heterocycles. The van der Waals surface area contributed by atoms with Crippen molar-refractivity contribution in [1.29, 1.82) is 0 Å². The van der Waals surface area contributed by atoms with Crippen LogP contribution in [0.25, 0.3) is 0 Å². The van der Waals surface area contributed by atoms with E-state index in [0.29, 0.717) is 13.0 Å². The maximum atomic E-state index is 12.2. The lowest BCUT2D eigenvalue weighted by Gasteiger charge is -2.22. The molecule has 0 spiro atoms. The standard InChI is InChI=1S/C15H27NO4Si/c1-15(2,3)20-14(19)16-8-10-7-12(18)13(11(10)9-17)21(4,5)6/h10,17H,7-9H2,1-6H3,(H,16,19). The SMILES string of the molecule is CC(C)(C)OC(=O)NCC1CC(=O)C([Si](C)(C)C)=C1CO. The molecule has 1 aliphatic rings. The minimum atomic E-state index is -1.78. The lowest BCUT2D eigenvalue weighted by Crippen LogP contribution is -2.35.